The normalized spacial score (nSPS) is 13.9. The van der Waals surface area contributed by atoms with E-state index >= 15 is 0 Å². The molecule has 346 valence electrons. The number of carbonyl (C=O) groups is 2. The molecule has 0 aliphatic carbocycles. The molecule has 0 aliphatic heterocycles. The first-order valence-electron chi connectivity index (χ1n) is 25.2. The van der Waals surface area contributed by atoms with Crippen molar-refractivity contribution in [2.75, 3.05) is 6.61 Å². The highest BCUT2D eigenvalue weighted by Crippen LogP contribution is 2.15. The lowest BCUT2D eigenvalue weighted by atomic mass is 10.0. The Bertz CT molecular complexity index is 1120. The molecule has 0 aromatic heterocycles. The lowest BCUT2D eigenvalue weighted by Crippen LogP contribution is -2.46. The van der Waals surface area contributed by atoms with Gasteiger partial charge in [-0.1, -0.05) is 222 Å². The largest absolute Gasteiger partial charge is 0.461 e. The van der Waals surface area contributed by atoms with Gasteiger partial charge in [0.2, 0.25) is 5.91 Å². The summed E-state index contributed by atoms with van der Waals surface area (Å²) in [5.74, 6) is -0.659. The Morgan fingerprint density at radius 3 is 1.37 bits per heavy atom. The molecule has 0 spiro atoms. The predicted molar refractivity (Wildman–Crippen MR) is 259 cm³/mol. The molecular weight excluding hydrogens is 743 g/mol. The summed E-state index contributed by atoms with van der Waals surface area (Å²) in [6.45, 7) is 6.40. The van der Waals surface area contributed by atoms with Gasteiger partial charge in [-0.05, 0) is 64.2 Å². The highest BCUT2D eigenvalue weighted by atomic mass is 16.5. The van der Waals surface area contributed by atoms with E-state index in [-0.39, 0.29) is 31.3 Å². The summed E-state index contributed by atoms with van der Waals surface area (Å²) in [5, 5.41) is 23.7. The van der Waals surface area contributed by atoms with Crippen LogP contribution in [0.25, 0.3) is 0 Å². The molecule has 0 aromatic carbocycles. The topological polar surface area (TPSA) is 95.9 Å². The molecule has 3 unspecified atom stereocenters. The zero-order chi connectivity index (χ0) is 43.8. The Morgan fingerprint density at radius 1 is 0.500 bits per heavy atom. The lowest BCUT2D eigenvalue weighted by Gasteiger charge is -2.24. The zero-order valence-electron chi connectivity index (χ0n) is 39.3. The molecule has 60 heavy (non-hydrogen) atoms. The van der Waals surface area contributed by atoms with Crippen LogP contribution in [0.5, 0.6) is 0 Å². The van der Waals surface area contributed by atoms with Gasteiger partial charge in [-0.3, -0.25) is 9.59 Å². The number of aliphatic hydroxyl groups excluding tert-OH is 2. The van der Waals surface area contributed by atoms with Crippen molar-refractivity contribution in [2.45, 2.75) is 251 Å². The number of nitrogens with one attached hydrogen (secondary N) is 1. The van der Waals surface area contributed by atoms with Crippen LogP contribution in [0.3, 0.4) is 0 Å². The minimum atomic E-state index is -0.821. The van der Waals surface area contributed by atoms with Gasteiger partial charge in [0.25, 0.3) is 0 Å². The number of hydrogen-bond acceptors (Lipinski definition) is 5. The predicted octanol–water partition coefficient (Wildman–Crippen LogP) is 15.0. The minimum absolute atomic E-state index is 0.0229. The molecule has 0 aliphatic rings. The molecule has 0 aromatic rings. The fourth-order valence-corrected chi connectivity index (χ4v) is 7.17. The van der Waals surface area contributed by atoms with Gasteiger partial charge in [0.05, 0.1) is 25.2 Å². The van der Waals surface area contributed by atoms with E-state index in [1.807, 2.05) is 18.2 Å². The Kier molecular flexibility index (Phi) is 45.2. The number of amides is 1. The summed E-state index contributed by atoms with van der Waals surface area (Å²) < 4.78 is 5.82. The van der Waals surface area contributed by atoms with Crippen molar-refractivity contribution in [3.8, 4) is 0 Å². The Balaban J connectivity index is 4.80. The summed E-state index contributed by atoms with van der Waals surface area (Å²) >= 11 is 0. The van der Waals surface area contributed by atoms with Crippen LogP contribution in [0.15, 0.2) is 72.9 Å². The third kappa shape index (κ3) is 42.0. The second kappa shape index (κ2) is 47.4. The van der Waals surface area contributed by atoms with E-state index in [1.165, 1.54) is 128 Å². The van der Waals surface area contributed by atoms with Gasteiger partial charge in [-0.2, -0.15) is 0 Å². The van der Waals surface area contributed by atoms with Crippen LogP contribution >= 0.6 is 0 Å². The molecule has 0 fully saturated rings. The van der Waals surface area contributed by atoms with Crippen LogP contribution in [-0.2, 0) is 14.3 Å². The van der Waals surface area contributed by atoms with Crippen LogP contribution < -0.4 is 5.32 Å². The zero-order valence-corrected chi connectivity index (χ0v) is 39.3. The maximum Gasteiger partial charge on any atom is 0.306 e. The quantitative estimate of drug-likeness (QED) is 0.0323. The monoisotopic (exact) mass is 838 g/mol. The SMILES string of the molecule is CCCCC/C=C\C/C=C\C/C=C\C/C=C\CC(CC(=O)NC(CO)C(O)CCCCCCCCCCCCCCC)OC(=O)CC/C=C/C/C=C\CCCCCCCC. The average molecular weight is 838 g/mol. The molecule has 0 rings (SSSR count). The summed E-state index contributed by atoms with van der Waals surface area (Å²) in [7, 11) is 0. The molecule has 3 atom stereocenters. The maximum absolute atomic E-state index is 13.2. The van der Waals surface area contributed by atoms with E-state index in [0.29, 0.717) is 19.3 Å². The molecule has 6 nitrogen and oxygen atoms in total. The summed E-state index contributed by atoms with van der Waals surface area (Å²) in [4.78, 5) is 26.0. The van der Waals surface area contributed by atoms with Gasteiger partial charge in [0.15, 0.2) is 0 Å². The summed E-state index contributed by atoms with van der Waals surface area (Å²) in [6, 6.07) is -0.743. The van der Waals surface area contributed by atoms with Crippen LogP contribution in [0.4, 0.5) is 0 Å². The molecule has 0 radical (unpaired) electrons. The molecule has 0 saturated carbocycles. The molecule has 0 saturated heterocycles. The summed E-state index contributed by atoms with van der Waals surface area (Å²) in [6.07, 6.45) is 59.8. The van der Waals surface area contributed by atoms with Gasteiger partial charge in [0.1, 0.15) is 6.10 Å². The Morgan fingerprint density at radius 2 is 0.883 bits per heavy atom. The average Bonchev–Trinajstić information content (AvgIpc) is 3.24. The molecule has 6 heteroatoms. The molecular formula is C54H95NO5. The molecule has 1 amide bonds. The van der Waals surface area contributed by atoms with Gasteiger partial charge in [0, 0.05) is 12.8 Å². The second-order valence-corrected chi connectivity index (χ2v) is 16.9. The Labute approximate surface area is 371 Å². The van der Waals surface area contributed by atoms with E-state index in [2.05, 4.69) is 80.8 Å². The van der Waals surface area contributed by atoms with Crippen molar-refractivity contribution in [3.63, 3.8) is 0 Å². The highest BCUT2D eigenvalue weighted by Gasteiger charge is 2.23. The minimum Gasteiger partial charge on any atom is -0.461 e. The summed E-state index contributed by atoms with van der Waals surface area (Å²) in [5.41, 5.74) is 0. The highest BCUT2D eigenvalue weighted by molar-refractivity contribution is 5.77. The van der Waals surface area contributed by atoms with Crippen molar-refractivity contribution in [3.05, 3.63) is 72.9 Å². The van der Waals surface area contributed by atoms with Crippen molar-refractivity contribution in [1.82, 2.24) is 5.32 Å². The first-order chi connectivity index (χ1) is 29.5. The van der Waals surface area contributed by atoms with Crippen LogP contribution in [0, 0.1) is 0 Å². The van der Waals surface area contributed by atoms with E-state index in [4.69, 9.17) is 4.74 Å². The van der Waals surface area contributed by atoms with Crippen molar-refractivity contribution < 1.29 is 24.5 Å². The van der Waals surface area contributed by atoms with Crippen molar-refractivity contribution >= 4 is 11.9 Å². The molecule has 0 bridgehead atoms. The van der Waals surface area contributed by atoms with Gasteiger partial charge in [-0.15, -0.1) is 0 Å². The number of esters is 1. The van der Waals surface area contributed by atoms with Crippen molar-refractivity contribution in [1.29, 1.82) is 0 Å². The van der Waals surface area contributed by atoms with Gasteiger partial charge >= 0.3 is 5.97 Å². The van der Waals surface area contributed by atoms with Crippen LogP contribution in [-0.4, -0.2) is 46.9 Å². The fraction of sp³-hybridized carbons (Fsp3) is 0.741. The van der Waals surface area contributed by atoms with E-state index in [1.54, 1.807) is 0 Å². The smallest absolute Gasteiger partial charge is 0.306 e. The third-order valence-corrected chi connectivity index (χ3v) is 11.0. The van der Waals surface area contributed by atoms with Crippen LogP contribution in [0.1, 0.15) is 233 Å². The van der Waals surface area contributed by atoms with E-state index < -0.39 is 18.2 Å². The number of aliphatic hydroxyl groups is 2. The standard InChI is InChI=1S/C54H95NO5/c1-4-7-10-13-16-19-22-25-26-29-30-33-36-39-42-45-50(60-54(59)47-44-41-38-35-32-28-24-21-18-15-12-9-6-3)48-53(58)55-51(49-56)52(57)46-43-40-37-34-31-27-23-20-17-14-11-8-5-2/h16,19,25-26,28,30,32-33,38-39,41-42,50-52,56-57H,4-15,17-18,20-24,27,29,31,34-37,40,43-49H2,1-3H3,(H,55,58)/b19-16-,26-25-,32-28-,33-30-,41-38+,42-39-. The number of unbranched alkanes of at least 4 members (excludes halogenated alkanes) is 21. The van der Waals surface area contributed by atoms with Gasteiger partial charge in [-0.25, -0.2) is 0 Å². The van der Waals surface area contributed by atoms with Gasteiger partial charge < -0.3 is 20.3 Å². The van der Waals surface area contributed by atoms with Crippen molar-refractivity contribution in [2.24, 2.45) is 0 Å². The fourth-order valence-electron chi connectivity index (χ4n) is 7.17. The van der Waals surface area contributed by atoms with Crippen LogP contribution in [0.2, 0.25) is 0 Å². The third-order valence-electron chi connectivity index (χ3n) is 11.0. The number of carbonyl (C=O) groups excluding carboxylic acids is 2. The maximum atomic E-state index is 13.2. The Hall–Kier alpha value is -2.70. The first-order valence-corrected chi connectivity index (χ1v) is 25.2. The number of rotatable bonds is 44. The first kappa shape index (κ1) is 57.3. The number of ether oxygens (including phenoxy) is 1. The van der Waals surface area contributed by atoms with E-state index in [9.17, 15) is 19.8 Å². The molecule has 3 N–H and O–H groups in total. The van der Waals surface area contributed by atoms with E-state index in [0.717, 1.165) is 51.4 Å². The number of hydrogen-bond donors (Lipinski definition) is 3. The number of allylic oxidation sites excluding steroid dienone is 11. The second-order valence-electron chi connectivity index (χ2n) is 16.9. The molecule has 0 heterocycles. The lowest BCUT2D eigenvalue weighted by molar-refractivity contribution is -0.150.